The maximum Gasteiger partial charge on any atom is 0.404 e. The zero-order valence-corrected chi connectivity index (χ0v) is 16.0. The lowest BCUT2D eigenvalue weighted by Gasteiger charge is -2.23. The van der Waals surface area contributed by atoms with Crippen molar-refractivity contribution in [3.05, 3.63) is 70.8 Å². The van der Waals surface area contributed by atoms with E-state index in [9.17, 15) is 18.7 Å². The summed E-state index contributed by atoms with van der Waals surface area (Å²) in [5.41, 5.74) is 2.52. The summed E-state index contributed by atoms with van der Waals surface area (Å²) in [5, 5.41) is 24.7. The van der Waals surface area contributed by atoms with E-state index in [1.165, 1.54) is 5.56 Å². The largest absolute Gasteiger partial charge is 0.465 e. The van der Waals surface area contributed by atoms with Crippen molar-refractivity contribution in [2.75, 3.05) is 6.54 Å². The second-order valence-electron chi connectivity index (χ2n) is 7.14. The molecule has 0 aliphatic heterocycles. The number of amides is 1. The molecule has 1 amide bonds. The zero-order valence-electron chi connectivity index (χ0n) is 16.0. The first-order valence-corrected chi connectivity index (χ1v) is 9.16. The second kappa shape index (κ2) is 10.1. The summed E-state index contributed by atoms with van der Waals surface area (Å²) in [5.74, 6) is -1.09. The van der Waals surface area contributed by atoms with Gasteiger partial charge in [-0.3, -0.25) is 0 Å². The third-order valence-corrected chi connectivity index (χ3v) is 4.45. The van der Waals surface area contributed by atoms with Crippen molar-refractivity contribution in [2.45, 2.75) is 44.9 Å². The fourth-order valence-electron chi connectivity index (χ4n) is 2.99. The molecule has 0 radical (unpaired) electrons. The van der Waals surface area contributed by atoms with Gasteiger partial charge in [0.2, 0.25) is 0 Å². The standard InChI is InChI=1S/C21H26F2N2O3/c1-13(2)16-5-3-4-14(6-16)11-24-12-20(26)19(25-21(27)28)9-15-7-17(22)10-18(23)8-15/h3-8,10,13,19-20,24-26H,9,11-12H2,1-2H3,(H,27,28)/t19-,20-/m0/s1. The van der Waals surface area contributed by atoms with Crippen LogP contribution in [0.5, 0.6) is 0 Å². The number of hydrogen-bond donors (Lipinski definition) is 4. The van der Waals surface area contributed by atoms with Crippen LogP contribution >= 0.6 is 0 Å². The molecule has 0 aromatic heterocycles. The summed E-state index contributed by atoms with van der Waals surface area (Å²) >= 11 is 0. The number of benzene rings is 2. The van der Waals surface area contributed by atoms with Gasteiger partial charge in [0, 0.05) is 19.2 Å². The minimum absolute atomic E-state index is 0.0351. The van der Waals surface area contributed by atoms with E-state index in [1.54, 1.807) is 0 Å². The van der Waals surface area contributed by atoms with Crippen molar-refractivity contribution in [1.82, 2.24) is 10.6 Å². The fourth-order valence-corrected chi connectivity index (χ4v) is 2.99. The van der Waals surface area contributed by atoms with Crippen LogP contribution in [0.2, 0.25) is 0 Å². The van der Waals surface area contributed by atoms with Crippen LogP contribution in [0, 0.1) is 11.6 Å². The van der Waals surface area contributed by atoms with Gasteiger partial charge >= 0.3 is 6.09 Å². The van der Waals surface area contributed by atoms with Crippen LogP contribution in [0.15, 0.2) is 42.5 Å². The number of aliphatic hydroxyl groups is 1. The summed E-state index contributed by atoms with van der Waals surface area (Å²) in [7, 11) is 0. The molecule has 0 fully saturated rings. The van der Waals surface area contributed by atoms with Crippen molar-refractivity contribution >= 4 is 6.09 Å². The Morgan fingerprint density at radius 3 is 2.36 bits per heavy atom. The minimum Gasteiger partial charge on any atom is -0.465 e. The molecule has 28 heavy (non-hydrogen) atoms. The molecule has 2 aromatic carbocycles. The maximum absolute atomic E-state index is 13.4. The van der Waals surface area contributed by atoms with Crippen molar-refractivity contribution in [1.29, 1.82) is 0 Å². The Morgan fingerprint density at radius 1 is 1.07 bits per heavy atom. The second-order valence-corrected chi connectivity index (χ2v) is 7.14. The SMILES string of the molecule is CC(C)c1cccc(CNC[C@H](O)[C@H](Cc2cc(F)cc(F)c2)NC(=O)O)c1. The molecule has 0 unspecified atom stereocenters. The van der Waals surface area contributed by atoms with Crippen molar-refractivity contribution in [3.8, 4) is 0 Å². The Bertz CT molecular complexity index is 779. The summed E-state index contributed by atoms with van der Waals surface area (Å²) in [6.07, 6.45) is -2.42. The number of aliphatic hydroxyl groups excluding tert-OH is 1. The fraction of sp³-hybridized carbons (Fsp3) is 0.381. The van der Waals surface area contributed by atoms with E-state index in [2.05, 4.69) is 30.5 Å². The highest BCUT2D eigenvalue weighted by Crippen LogP contribution is 2.16. The number of rotatable bonds is 9. The third kappa shape index (κ3) is 6.90. The lowest BCUT2D eigenvalue weighted by Crippen LogP contribution is -2.48. The molecule has 0 bridgehead atoms. The van der Waals surface area contributed by atoms with Crippen LogP contribution in [0.4, 0.5) is 13.6 Å². The average Bonchev–Trinajstić information content (AvgIpc) is 2.60. The average molecular weight is 392 g/mol. The lowest BCUT2D eigenvalue weighted by molar-refractivity contribution is 0.117. The molecule has 2 aromatic rings. The first-order valence-electron chi connectivity index (χ1n) is 9.16. The highest BCUT2D eigenvalue weighted by molar-refractivity contribution is 5.65. The molecule has 4 N–H and O–H groups in total. The van der Waals surface area contributed by atoms with Gasteiger partial charge in [-0.05, 0) is 41.2 Å². The molecule has 7 heteroatoms. The molecule has 0 saturated heterocycles. The van der Waals surface area contributed by atoms with Crippen LogP contribution in [0.1, 0.15) is 36.5 Å². The maximum atomic E-state index is 13.4. The van der Waals surface area contributed by atoms with Crippen LogP contribution in [-0.2, 0) is 13.0 Å². The number of hydrogen-bond acceptors (Lipinski definition) is 3. The number of carboxylic acid groups (broad SMARTS) is 1. The van der Waals surface area contributed by atoms with E-state index < -0.39 is 29.9 Å². The predicted octanol–water partition coefficient (Wildman–Crippen LogP) is 3.42. The summed E-state index contributed by atoms with van der Waals surface area (Å²) in [4.78, 5) is 11.0. The Hall–Kier alpha value is -2.51. The van der Waals surface area contributed by atoms with E-state index in [-0.39, 0.29) is 18.5 Å². The van der Waals surface area contributed by atoms with Gasteiger partial charge < -0.3 is 20.8 Å². The van der Waals surface area contributed by atoms with E-state index in [4.69, 9.17) is 5.11 Å². The highest BCUT2D eigenvalue weighted by Gasteiger charge is 2.22. The van der Waals surface area contributed by atoms with Crippen molar-refractivity contribution in [3.63, 3.8) is 0 Å². The van der Waals surface area contributed by atoms with E-state index in [0.717, 1.165) is 23.8 Å². The molecule has 152 valence electrons. The van der Waals surface area contributed by atoms with Crippen LogP contribution in [-0.4, -0.2) is 35.0 Å². The summed E-state index contributed by atoms with van der Waals surface area (Å²) in [6, 6.07) is 10.1. The smallest absolute Gasteiger partial charge is 0.404 e. The molecule has 0 heterocycles. The third-order valence-electron chi connectivity index (χ3n) is 4.45. The van der Waals surface area contributed by atoms with Gasteiger partial charge in [-0.25, -0.2) is 13.6 Å². The van der Waals surface area contributed by atoms with Gasteiger partial charge in [0.25, 0.3) is 0 Å². The molecular weight excluding hydrogens is 366 g/mol. The van der Waals surface area contributed by atoms with Crippen LogP contribution in [0.3, 0.4) is 0 Å². The number of carbonyl (C=O) groups is 1. The van der Waals surface area contributed by atoms with E-state index >= 15 is 0 Å². The predicted molar refractivity (Wildman–Crippen MR) is 103 cm³/mol. The van der Waals surface area contributed by atoms with E-state index in [1.807, 2.05) is 18.2 Å². The van der Waals surface area contributed by atoms with Crippen LogP contribution in [0.25, 0.3) is 0 Å². The molecule has 0 saturated carbocycles. The topological polar surface area (TPSA) is 81.6 Å². The molecule has 0 spiro atoms. The van der Waals surface area contributed by atoms with Gasteiger partial charge in [0.1, 0.15) is 11.6 Å². The van der Waals surface area contributed by atoms with Crippen LogP contribution < -0.4 is 10.6 Å². The van der Waals surface area contributed by atoms with Crippen molar-refractivity contribution in [2.24, 2.45) is 0 Å². The highest BCUT2D eigenvalue weighted by atomic mass is 19.1. The molecule has 5 nitrogen and oxygen atoms in total. The summed E-state index contributed by atoms with van der Waals surface area (Å²) < 4.78 is 26.7. The van der Waals surface area contributed by atoms with Gasteiger partial charge in [-0.2, -0.15) is 0 Å². The lowest BCUT2D eigenvalue weighted by atomic mass is 10.00. The molecule has 2 atom stereocenters. The van der Waals surface area contributed by atoms with Gasteiger partial charge in [-0.15, -0.1) is 0 Å². The van der Waals surface area contributed by atoms with E-state index in [0.29, 0.717) is 12.5 Å². The Balaban J connectivity index is 1.97. The van der Waals surface area contributed by atoms with Gasteiger partial charge in [0.05, 0.1) is 12.1 Å². The summed E-state index contributed by atoms with van der Waals surface area (Å²) in [6.45, 7) is 4.84. The molecular formula is C21H26F2N2O3. The number of halogens is 2. The molecule has 0 aliphatic rings. The number of nitrogens with one attached hydrogen (secondary N) is 2. The minimum atomic E-state index is -1.31. The first kappa shape index (κ1) is 21.8. The zero-order chi connectivity index (χ0) is 20.7. The Labute approximate surface area is 163 Å². The quantitative estimate of drug-likeness (QED) is 0.527. The van der Waals surface area contributed by atoms with Crippen molar-refractivity contribution < 1.29 is 23.8 Å². The monoisotopic (exact) mass is 392 g/mol. The Morgan fingerprint density at radius 2 is 1.75 bits per heavy atom. The Kier molecular flexibility index (Phi) is 7.90. The van der Waals surface area contributed by atoms with Gasteiger partial charge in [-0.1, -0.05) is 38.1 Å². The molecule has 0 aliphatic carbocycles. The first-order chi connectivity index (χ1) is 13.2. The normalized spacial score (nSPS) is 13.4. The van der Waals surface area contributed by atoms with Gasteiger partial charge in [0.15, 0.2) is 0 Å². The molecule has 2 rings (SSSR count).